The van der Waals surface area contributed by atoms with Gasteiger partial charge in [-0.1, -0.05) is 17.6 Å². The lowest BCUT2D eigenvalue weighted by molar-refractivity contribution is 1.33. The molecule has 2 rings (SSSR count). The maximum Gasteiger partial charge on any atom is 0.121 e. The van der Waals surface area contributed by atoms with Gasteiger partial charge in [-0.05, 0) is 18.6 Å². The Bertz CT molecular complexity index is 505. The molecule has 0 saturated carbocycles. The third-order valence-corrected chi connectivity index (χ3v) is 2.19. The van der Waals surface area contributed by atoms with Gasteiger partial charge in [0.15, 0.2) is 0 Å². The summed E-state index contributed by atoms with van der Waals surface area (Å²) in [5.74, 6) is 0. The highest BCUT2D eigenvalue weighted by Gasteiger charge is 2.05. The number of aryl methyl sites for hydroxylation is 1. The van der Waals surface area contributed by atoms with Gasteiger partial charge in [-0.25, -0.2) is 0 Å². The molecule has 1 aromatic heterocycles. The molecule has 0 aliphatic rings. The summed E-state index contributed by atoms with van der Waals surface area (Å²) in [6.07, 6.45) is 0. The van der Waals surface area contributed by atoms with E-state index in [1.807, 2.05) is 25.1 Å². The van der Waals surface area contributed by atoms with E-state index in [2.05, 4.69) is 11.1 Å². The molecule has 0 aliphatic heterocycles. The number of nitrogens with one attached hydrogen (secondary N) is 1. The first kappa shape index (κ1) is 7.94. The molecule has 0 saturated heterocycles. The third-order valence-electron chi connectivity index (χ3n) is 2.19. The molecule has 0 spiro atoms. The molecule has 3 heteroatoms. The molecular weight excluding hydrogens is 159 g/mol. The predicted octanol–water partition coefficient (Wildman–Crippen LogP) is 1.14. The van der Waals surface area contributed by atoms with Crippen LogP contribution in [0.3, 0.4) is 0 Å². The maximum atomic E-state index is 8.78. The van der Waals surface area contributed by atoms with Crippen molar-refractivity contribution >= 4 is 24.2 Å². The van der Waals surface area contributed by atoms with Crippen molar-refractivity contribution in [3.05, 3.63) is 29.5 Å². The van der Waals surface area contributed by atoms with Gasteiger partial charge in [-0.15, -0.1) is 0 Å². The van der Waals surface area contributed by atoms with E-state index >= 15 is 0 Å². The number of fused-ring (bicyclic) bond motifs is 1. The number of hydrogen-bond donors (Lipinski definition) is 1. The number of rotatable bonds is 0. The van der Waals surface area contributed by atoms with Crippen molar-refractivity contribution in [2.75, 3.05) is 0 Å². The zero-order valence-electron chi connectivity index (χ0n) is 7.26. The molecule has 1 aromatic carbocycles. The van der Waals surface area contributed by atoms with Crippen LogP contribution in [0.2, 0.25) is 0 Å². The molecule has 0 aliphatic carbocycles. The molecular formula is C10H7BN2. The van der Waals surface area contributed by atoms with Gasteiger partial charge < -0.3 is 4.98 Å². The standard InChI is InChI=1S/C10H7BN2/c1-6-8-3-2-7(11)4-9(8)13-10(6)5-12/h2-4,13H,1H3. The molecule has 0 unspecified atom stereocenters. The molecule has 1 N–H and O–H groups in total. The van der Waals surface area contributed by atoms with Crippen LogP contribution in [0.5, 0.6) is 0 Å². The fourth-order valence-corrected chi connectivity index (χ4v) is 1.47. The molecule has 1 heterocycles. The zero-order valence-corrected chi connectivity index (χ0v) is 7.26. The number of nitrogens with zero attached hydrogens (tertiary/aromatic N) is 1. The van der Waals surface area contributed by atoms with E-state index in [9.17, 15) is 0 Å². The van der Waals surface area contributed by atoms with Crippen molar-refractivity contribution in [3.8, 4) is 6.07 Å². The first-order valence-corrected chi connectivity index (χ1v) is 4.00. The van der Waals surface area contributed by atoms with E-state index < -0.39 is 0 Å². The van der Waals surface area contributed by atoms with Crippen LogP contribution in [0, 0.1) is 18.3 Å². The summed E-state index contributed by atoms with van der Waals surface area (Å²) < 4.78 is 0. The van der Waals surface area contributed by atoms with E-state index in [4.69, 9.17) is 13.1 Å². The number of aromatic amines is 1. The highest BCUT2D eigenvalue weighted by molar-refractivity contribution is 6.33. The fraction of sp³-hybridized carbons (Fsp3) is 0.100. The average molecular weight is 166 g/mol. The molecule has 0 amide bonds. The average Bonchev–Trinajstić information content (AvgIpc) is 2.42. The lowest BCUT2D eigenvalue weighted by Gasteiger charge is -1.92. The molecule has 2 aromatic rings. The molecule has 60 valence electrons. The molecule has 0 bridgehead atoms. The summed E-state index contributed by atoms with van der Waals surface area (Å²) in [5, 5.41) is 9.84. The minimum Gasteiger partial charge on any atom is -0.346 e. The summed E-state index contributed by atoms with van der Waals surface area (Å²) in [5.41, 5.74) is 3.23. The SMILES string of the molecule is [B]c1ccc2c(C)c(C#N)[nH]c2c1. The summed E-state index contributed by atoms with van der Waals surface area (Å²) in [6, 6.07) is 7.71. The van der Waals surface area contributed by atoms with E-state index in [0.29, 0.717) is 11.2 Å². The molecule has 2 radical (unpaired) electrons. The van der Waals surface area contributed by atoms with Crippen LogP contribution in [0.4, 0.5) is 0 Å². The van der Waals surface area contributed by atoms with Crippen LogP contribution in [0.25, 0.3) is 10.9 Å². The Balaban J connectivity index is 2.86. The Morgan fingerprint density at radius 3 is 2.92 bits per heavy atom. The molecule has 13 heavy (non-hydrogen) atoms. The number of benzene rings is 1. The second-order valence-corrected chi connectivity index (χ2v) is 3.04. The van der Waals surface area contributed by atoms with Gasteiger partial charge in [0.25, 0.3) is 0 Å². The normalized spacial score (nSPS) is 10.2. The minimum atomic E-state index is 0.612. The molecule has 2 nitrogen and oxygen atoms in total. The Kier molecular flexibility index (Phi) is 1.63. The predicted molar refractivity (Wildman–Crippen MR) is 53.1 cm³/mol. The largest absolute Gasteiger partial charge is 0.346 e. The van der Waals surface area contributed by atoms with Crippen molar-refractivity contribution in [2.24, 2.45) is 0 Å². The van der Waals surface area contributed by atoms with E-state index in [-0.39, 0.29) is 0 Å². The molecule has 0 fully saturated rings. The topological polar surface area (TPSA) is 39.6 Å². The quantitative estimate of drug-likeness (QED) is 0.585. The van der Waals surface area contributed by atoms with Gasteiger partial charge in [0.2, 0.25) is 0 Å². The Hall–Kier alpha value is -1.69. The lowest BCUT2D eigenvalue weighted by atomic mass is 9.95. The first-order chi connectivity index (χ1) is 6.22. The van der Waals surface area contributed by atoms with Crippen LogP contribution in [0.15, 0.2) is 18.2 Å². The number of aromatic nitrogens is 1. The van der Waals surface area contributed by atoms with Gasteiger partial charge in [-0.2, -0.15) is 5.26 Å². The van der Waals surface area contributed by atoms with Crippen LogP contribution in [-0.4, -0.2) is 12.8 Å². The van der Waals surface area contributed by atoms with Crippen LogP contribution in [-0.2, 0) is 0 Å². The van der Waals surface area contributed by atoms with Gasteiger partial charge in [0.1, 0.15) is 19.6 Å². The first-order valence-electron chi connectivity index (χ1n) is 4.00. The van der Waals surface area contributed by atoms with E-state index in [0.717, 1.165) is 16.5 Å². The lowest BCUT2D eigenvalue weighted by Crippen LogP contribution is -1.99. The minimum absolute atomic E-state index is 0.612. The second kappa shape index (κ2) is 2.67. The summed E-state index contributed by atoms with van der Waals surface area (Å²) in [4.78, 5) is 3.01. The van der Waals surface area contributed by atoms with Gasteiger partial charge in [0, 0.05) is 10.9 Å². The fourth-order valence-electron chi connectivity index (χ4n) is 1.47. The highest BCUT2D eigenvalue weighted by Crippen LogP contribution is 2.19. The van der Waals surface area contributed by atoms with Crippen molar-refractivity contribution in [1.29, 1.82) is 5.26 Å². The van der Waals surface area contributed by atoms with Gasteiger partial charge >= 0.3 is 0 Å². The van der Waals surface area contributed by atoms with Crippen molar-refractivity contribution in [2.45, 2.75) is 6.92 Å². The van der Waals surface area contributed by atoms with E-state index in [1.54, 1.807) is 0 Å². The second-order valence-electron chi connectivity index (χ2n) is 3.04. The third kappa shape index (κ3) is 1.11. The zero-order chi connectivity index (χ0) is 9.42. The monoisotopic (exact) mass is 166 g/mol. The smallest absolute Gasteiger partial charge is 0.121 e. The Labute approximate surface area is 77.6 Å². The molecule has 0 atom stereocenters. The Morgan fingerprint density at radius 1 is 1.46 bits per heavy atom. The van der Waals surface area contributed by atoms with Crippen molar-refractivity contribution in [1.82, 2.24) is 4.98 Å². The summed E-state index contributed by atoms with van der Waals surface area (Å²) in [7, 11) is 5.62. The summed E-state index contributed by atoms with van der Waals surface area (Å²) >= 11 is 0. The van der Waals surface area contributed by atoms with Crippen molar-refractivity contribution < 1.29 is 0 Å². The van der Waals surface area contributed by atoms with Crippen LogP contribution in [0.1, 0.15) is 11.3 Å². The van der Waals surface area contributed by atoms with E-state index in [1.165, 1.54) is 0 Å². The maximum absolute atomic E-state index is 8.78. The van der Waals surface area contributed by atoms with Crippen LogP contribution >= 0.6 is 0 Å². The number of hydrogen-bond acceptors (Lipinski definition) is 1. The van der Waals surface area contributed by atoms with Gasteiger partial charge in [0.05, 0.1) is 0 Å². The van der Waals surface area contributed by atoms with Crippen LogP contribution < -0.4 is 5.46 Å². The van der Waals surface area contributed by atoms with Crippen molar-refractivity contribution in [3.63, 3.8) is 0 Å². The number of nitriles is 1. The Morgan fingerprint density at radius 2 is 2.23 bits per heavy atom. The van der Waals surface area contributed by atoms with Gasteiger partial charge in [-0.3, -0.25) is 0 Å². The summed E-state index contributed by atoms with van der Waals surface area (Å²) in [6.45, 7) is 1.92. The number of H-pyrrole nitrogens is 1. The highest BCUT2D eigenvalue weighted by atomic mass is 14.7.